The number of benzene rings is 4. The first-order valence-corrected chi connectivity index (χ1v) is 19.7. The van der Waals surface area contributed by atoms with Crippen LogP contribution in [-0.2, 0) is 34.1 Å². The summed E-state index contributed by atoms with van der Waals surface area (Å²) in [5, 5.41) is 21.6. The zero-order chi connectivity index (χ0) is 42.7. The number of rotatable bonds is 11. The molecule has 1 spiro atoms. The highest BCUT2D eigenvalue weighted by Gasteiger charge is 2.75. The number of carbonyl (C=O) groups excluding carboxylic acids is 5. The van der Waals surface area contributed by atoms with Crippen LogP contribution in [0.5, 0.6) is 5.75 Å². The van der Waals surface area contributed by atoms with Gasteiger partial charge in [-0.05, 0) is 58.5 Å². The molecule has 14 heteroatoms. The van der Waals surface area contributed by atoms with E-state index < -0.39 is 77.3 Å². The summed E-state index contributed by atoms with van der Waals surface area (Å²) in [6.45, 7) is 3.01. The van der Waals surface area contributed by atoms with Crippen LogP contribution in [0.4, 0.5) is 10.5 Å². The topological polar surface area (TPSA) is 198 Å². The number of nitrogens with one attached hydrogen (secondary N) is 1. The Labute approximate surface area is 347 Å². The number of esters is 2. The molecule has 7 unspecified atom stereocenters. The summed E-state index contributed by atoms with van der Waals surface area (Å²) < 4.78 is 17.0. The molecular formula is C46H46N4O10. The third-order valence-electron chi connectivity index (χ3n) is 11.4. The number of morpholine rings is 1. The number of aliphatic hydroxyl groups excluding tert-OH is 2. The standard InChI is InChI=1S/C46H46N4O10/c1-27(2)36(42(54)58-3)48-45(57)49-34-22-17-28(12-10-11-23-51)26-33(34)46(44(49)56)35(41(47)53)38-43(55)60-39(30-15-8-5-9-16-30)37(29-13-6-4-7-14-29)50(38)40(46)31-18-20-32(21-19-31)59-25-24-52/h4-9,13-22,26-27,35-40,51-52H,11,23-25H2,1-3H3,(H2,47,53)(H,48,57). The van der Waals surface area contributed by atoms with Crippen LogP contribution in [0.1, 0.15) is 66.3 Å². The van der Waals surface area contributed by atoms with Crippen LogP contribution < -0.4 is 20.7 Å². The normalized spacial score (nSPS) is 23.6. The number of nitrogens with two attached hydrogens (primary N) is 1. The molecule has 0 aromatic heterocycles. The van der Waals surface area contributed by atoms with E-state index in [0.717, 1.165) is 4.90 Å². The Bertz CT molecular complexity index is 2330. The lowest BCUT2D eigenvalue weighted by molar-refractivity contribution is -0.178. The van der Waals surface area contributed by atoms with E-state index in [-0.39, 0.29) is 37.5 Å². The molecule has 0 radical (unpaired) electrons. The number of ether oxygens (including phenoxy) is 3. The van der Waals surface area contributed by atoms with Crippen molar-refractivity contribution in [2.24, 2.45) is 17.6 Å². The fourth-order valence-electron chi connectivity index (χ4n) is 8.97. The summed E-state index contributed by atoms with van der Waals surface area (Å²) in [5.41, 5.74) is 6.83. The maximum absolute atomic E-state index is 16.0. The molecule has 4 amide bonds. The lowest BCUT2D eigenvalue weighted by atomic mass is 9.65. The molecule has 0 bridgehead atoms. The molecule has 4 aromatic carbocycles. The van der Waals surface area contributed by atoms with Crippen LogP contribution >= 0.6 is 0 Å². The van der Waals surface area contributed by atoms with Gasteiger partial charge in [0.2, 0.25) is 11.8 Å². The molecule has 310 valence electrons. The van der Waals surface area contributed by atoms with Crippen LogP contribution in [0.2, 0.25) is 0 Å². The quantitative estimate of drug-likeness (QED) is 0.127. The molecule has 2 saturated heterocycles. The van der Waals surface area contributed by atoms with Gasteiger partial charge in [-0.1, -0.05) is 98.5 Å². The number of hydrogen-bond acceptors (Lipinski definition) is 11. The number of fused-ring (bicyclic) bond motifs is 3. The van der Waals surface area contributed by atoms with Crippen molar-refractivity contribution in [2.75, 3.05) is 31.8 Å². The van der Waals surface area contributed by atoms with E-state index in [1.807, 2.05) is 65.6 Å². The lowest BCUT2D eigenvalue weighted by Crippen LogP contribution is -2.57. The largest absolute Gasteiger partial charge is 0.491 e. The number of cyclic esters (lactones) is 1. The van der Waals surface area contributed by atoms with E-state index in [2.05, 4.69) is 17.2 Å². The van der Waals surface area contributed by atoms with Crippen LogP contribution in [0.3, 0.4) is 0 Å². The summed E-state index contributed by atoms with van der Waals surface area (Å²) in [4.78, 5) is 75.5. The van der Waals surface area contributed by atoms with Crippen molar-refractivity contribution >= 4 is 35.5 Å². The fourth-order valence-corrected chi connectivity index (χ4v) is 8.97. The zero-order valence-electron chi connectivity index (χ0n) is 33.3. The smallest absolute Gasteiger partial charge is 0.329 e. The van der Waals surface area contributed by atoms with Crippen molar-refractivity contribution in [1.29, 1.82) is 0 Å². The van der Waals surface area contributed by atoms with Gasteiger partial charge in [0, 0.05) is 12.0 Å². The maximum Gasteiger partial charge on any atom is 0.329 e. The van der Waals surface area contributed by atoms with Crippen LogP contribution in [0, 0.1) is 23.7 Å². The van der Waals surface area contributed by atoms with Crippen molar-refractivity contribution in [3.63, 3.8) is 0 Å². The monoisotopic (exact) mass is 814 g/mol. The average molecular weight is 815 g/mol. The molecule has 5 N–H and O–H groups in total. The SMILES string of the molecule is COC(=O)C(NC(=O)N1C(=O)C2(c3cc(C#CCCO)ccc31)C(C(N)=O)C1C(=O)OC(c3ccccc3)C(c3ccccc3)N1C2c1ccc(OCCO)cc1)C(C)C. The summed E-state index contributed by atoms with van der Waals surface area (Å²) in [7, 11) is 1.19. The predicted octanol–water partition coefficient (Wildman–Crippen LogP) is 3.85. The number of urea groups is 1. The highest BCUT2D eigenvalue weighted by molar-refractivity contribution is 6.25. The summed E-state index contributed by atoms with van der Waals surface area (Å²) >= 11 is 0. The van der Waals surface area contributed by atoms with Gasteiger partial charge in [0.15, 0.2) is 0 Å². The Hall–Kier alpha value is -6.53. The summed E-state index contributed by atoms with van der Waals surface area (Å²) in [6, 6.07) is 24.3. The van der Waals surface area contributed by atoms with E-state index >= 15 is 4.79 Å². The van der Waals surface area contributed by atoms with E-state index in [0.29, 0.717) is 28.0 Å². The fraction of sp³-hybridized carbons (Fsp3) is 0.326. The first kappa shape index (κ1) is 41.6. The minimum atomic E-state index is -2.10. The van der Waals surface area contributed by atoms with Gasteiger partial charge in [0.25, 0.3) is 0 Å². The van der Waals surface area contributed by atoms with Crippen LogP contribution in [0.25, 0.3) is 0 Å². The minimum Gasteiger partial charge on any atom is -0.491 e. The molecule has 2 fully saturated rings. The third-order valence-corrected chi connectivity index (χ3v) is 11.4. The Balaban J connectivity index is 1.55. The molecule has 14 nitrogen and oxygen atoms in total. The van der Waals surface area contributed by atoms with Gasteiger partial charge >= 0.3 is 18.0 Å². The van der Waals surface area contributed by atoms with Crippen molar-refractivity contribution in [2.45, 2.75) is 56.0 Å². The van der Waals surface area contributed by atoms with Gasteiger partial charge in [-0.3, -0.25) is 19.3 Å². The molecule has 3 aliphatic heterocycles. The molecule has 4 aromatic rings. The highest BCUT2D eigenvalue weighted by atomic mass is 16.6. The van der Waals surface area contributed by atoms with E-state index in [1.165, 1.54) is 13.2 Å². The van der Waals surface area contributed by atoms with Crippen molar-refractivity contribution in [1.82, 2.24) is 10.2 Å². The number of primary amides is 1. The Morgan fingerprint density at radius 2 is 1.55 bits per heavy atom. The predicted molar refractivity (Wildman–Crippen MR) is 218 cm³/mol. The number of methoxy groups -OCH3 is 1. The summed E-state index contributed by atoms with van der Waals surface area (Å²) in [5.74, 6) is 0.833. The van der Waals surface area contributed by atoms with E-state index in [4.69, 9.17) is 19.9 Å². The number of hydrogen-bond donors (Lipinski definition) is 4. The Kier molecular flexibility index (Phi) is 12.0. The molecule has 0 saturated carbocycles. The van der Waals surface area contributed by atoms with Gasteiger partial charge in [-0.25, -0.2) is 14.5 Å². The molecule has 0 aliphatic carbocycles. The van der Waals surface area contributed by atoms with Gasteiger partial charge < -0.3 is 35.5 Å². The Morgan fingerprint density at radius 1 is 0.883 bits per heavy atom. The van der Waals surface area contributed by atoms with E-state index in [1.54, 1.807) is 50.2 Å². The molecule has 3 aliphatic rings. The Morgan fingerprint density at radius 3 is 2.15 bits per heavy atom. The van der Waals surface area contributed by atoms with Crippen molar-refractivity contribution in [3.8, 4) is 17.6 Å². The van der Waals surface area contributed by atoms with Crippen LogP contribution in [-0.4, -0.2) is 83.9 Å². The van der Waals surface area contributed by atoms with Crippen molar-refractivity contribution < 1.29 is 48.4 Å². The second-order valence-corrected chi connectivity index (χ2v) is 15.2. The number of carbonyl (C=O) groups is 5. The molecular weight excluding hydrogens is 769 g/mol. The second kappa shape index (κ2) is 17.4. The van der Waals surface area contributed by atoms with E-state index in [9.17, 15) is 29.4 Å². The molecule has 60 heavy (non-hydrogen) atoms. The molecule has 7 atom stereocenters. The minimum absolute atomic E-state index is 0.0182. The number of amides is 4. The lowest BCUT2D eigenvalue weighted by Gasteiger charge is -2.46. The zero-order valence-corrected chi connectivity index (χ0v) is 33.3. The first-order valence-electron chi connectivity index (χ1n) is 19.7. The maximum atomic E-state index is 16.0. The molecule has 7 rings (SSSR count). The third kappa shape index (κ3) is 7.14. The van der Waals surface area contributed by atoms with Crippen LogP contribution in [0.15, 0.2) is 103 Å². The van der Waals surface area contributed by atoms with Gasteiger partial charge in [0.1, 0.15) is 36.0 Å². The average Bonchev–Trinajstić information content (AvgIpc) is 3.71. The number of anilines is 1. The first-order chi connectivity index (χ1) is 29.0. The number of imide groups is 1. The summed E-state index contributed by atoms with van der Waals surface area (Å²) in [6.07, 6.45) is -0.785. The molecule has 3 heterocycles. The second-order valence-electron chi connectivity index (χ2n) is 15.2. The van der Waals surface area contributed by atoms with Crippen molar-refractivity contribution in [3.05, 3.63) is 131 Å². The highest BCUT2D eigenvalue weighted by Crippen LogP contribution is 2.65. The van der Waals surface area contributed by atoms with Gasteiger partial charge in [-0.15, -0.1) is 0 Å². The van der Waals surface area contributed by atoms with Gasteiger partial charge in [0.05, 0.1) is 44.0 Å². The number of aliphatic hydroxyl groups is 2. The number of nitrogens with zero attached hydrogens (tertiary/aromatic N) is 2. The van der Waals surface area contributed by atoms with Gasteiger partial charge in [-0.2, -0.15) is 0 Å².